The smallest absolute Gasteiger partial charge is 0.218 e. The summed E-state index contributed by atoms with van der Waals surface area (Å²) < 4.78 is 1.98. The number of nitrogens with two attached hydrogens (primary N) is 1. The molecule has 104 valence electrons. The first-order valence-electron chi connectivity index (χ1n) is 6.23. The maximum Gasteiger partial charge on any atom is 0.218 e. The highest BCUT2D eigenvalue weighted by molar-refractivity contribution is 7.99. The molecule has 6 heteroatoms. The zero-order valence-corrected chi connectivity index (χ0v) is 11.8. The Morgan fingerprint density at radius 2 is 2.10 bits per heavy atom. The van der Waals surface area contributed by atoms with E-state index in [-0.39, 0.29) is 5.91 Å². The number of hydrogen-bond donors (Lipinski definition) is 1. The van der Waals surface area contributed by atoms with E-state index in [0.717, 1.165) is 16.5 Å². The Balaban J connectivity index is 2.23. The SMILES string of the molecule is C=CCn1c(SCCC(N)=O)nnc1-c1ccccc1. The lowest BCUT2D eigenvalue weighted by molar-refractivity contribution is -0.117. The summed E-state index contributed by atoms with van der Waals surface area (Å²) in [4.78, 5) is 10.8. The fourth-order valence-electron chi connectivity index (χ4n) is 1.73. The molecule has 0 aliphatic rings. The zero-order valence-electron chi connectivity index (χ0n) is 11.0. The quantitative estimate of drug-likeness (QED) is 0.625. The van der Waals surface area contributed by atoms with E-state index in [2.05, 4.69) is 16.8 Å². The van der Waals surface area contributed by atoms with E-state index < -0.39 is 0 Å². The molecule has 2 aromatic rings. The van der Waals surface area contributed by atoms with Gasteiger partial charge in [-0.2, -0.15) is 0 Å². The van der Waals surface area contributed by atoms with Gasteiger partial charge in [-0.1, -0.05) is 48.2 Å². The fourth-order valence-corrected chi connectivity index (χ4v) is 2.63. The minimum Gasteiger partial charge on any atom is -0.370 e. The summed E-state index contributed by atoms with van der Waals surface area (Å²) in [6.45, 7) is 4.38. The van der Waals surface area contributed by atoms with Crippen molar-refractivity contribution in [3.8, 4) is 11.4 Å². The maximum absolute atomic E-state index is 10.8. The van der Waals surface area contributed by atoms with Gasteiger partial charge in [0.05, 0.1) is 0 Å². The van der Waals surface area contributed by atoms with Crippen LogP contribution in [0.3, 0.4) is 0 Å². The number of allylic oxidation sites excluding steroid dienone is 1. The molecule has 2 rings (SSSR count). The van der Waals surface area contributed by atoms with Gasteiger partial charge in [-0.15, -0.1) is 16.8 Å². The van der Waals surface area contributed by atoms with Crippen molar-refractivity contribution in [2.24, 2.45) is 5.73 Å². The lowest BCUT2D eigenvalue weighted by atomic mass is 10.2. The van der Waals surface area contributed by atoms with Crippen LogP contribution >= 0.6 is 11.8 Å². The molecule has 20 heavy (non-hydrogen) atoms. The molecule has 0 aliphatic heterocycles. The number of benzene rings is 1. The molecule has 5 nitrogen and oxygen atoms in total. The van der Waals surface area contributed by atoms with Crippen LogP contribution in [0, 0.1) is 0 Å². The van der Waals surface area contributed by atoms with Gasteiger partial charge in [-0.25, -0.2) is 0 Å². The third kappa shape index (κ3) is 3.48. The van der Waals surface area contributed by atoms with Gasteiger partial charge in [0.1, 0.15) is 0 Å². The molecule has 1 heterocycles. The third-order valence-corrected chi connectivity index (χ3v) is 3.61. The minimum absolute atomic E-state index is 0.310. The van der Waals surface area contributed by atoms with Crippen molar-refractivity contribution < 1.29 is 4.79 Å². The zero-order chi connectivity index (χ0) is 14.4. The van der Waals surface area contributed by atoms with Crippen LogP contribution in [-0.4, -0.2) is 26.4 Å². The Labute approximate surface area is 121 Å². The molecule has 0 aliphatic carbocycles. The van der Waals surface area contributed by atoms with Gasteiger partial charge in [-0.3, -0.25) is 9.36 Å². The summed E-state index contributed by atoms with van der Waals surface area (Å²) in [7, 11) is 0. The molecule has 0 bridgehead atoms. The van der Waals surface area contributed by atoms with Crippen molar-refractivity contribution in [3.63, 3.8) is 0 Å². The van der Waals surface area contributed by atoms with Crippen molar-refractivity contribution in [2.75, 3.05) is 5.75 Å². The van der Waals surface area contributed by atoms with Crippen molar-refractivity contribution in [3.05, 3.63) is 43.0 Å². The number of aromatic nitrogens is 3. The molecule has 0 unspecified atom stereocenters. The van der Waals surface area contributed by atoms with Gasteiger partial charge in [0.15, 0.2) is 11.0 Å². The van der Waals surface area contributed by atoms with Crippen LogP contribution in [0.4, 0.5) is 0 Å². The molecule has 0 spiro atoms. The highest BCUT2D eigenvalue weighted by atomic mass is 32.2. The first-order chi connectivity index (χ1) is 9.72. The normalized spacial score (nSPS) is 10.4. The fraction of sp³-hybridized carbons (Fsp3) is 0.214. The number of carbonyl (C=O) groups is 1. The van der Waals surface area contributed by atoms with E-state index >= 15 is 0 Å². The molecular weight excluding hydrogens is 272 g/mol. The molecule has 0 radical (unpaired) electrons. The van der Waals surface area contributed by atoms with Gasteiger partial charge in [-0.05, 0) is 0 Å². The Morgan fingerprint density at radius 1 is 1.35 bits per heavy atom. The van der Waals surface area contributed by atoms with E-state index in [1.165, 1.54) is 11.8 Å². The topological polar surface area (TPSA) is 73.8 Å². The Bertz CT molecular complexity index is 594. The van der Waals surface area contributed by atoms with Crippen LogP contribution in [0.25, 0.3) is 11.4 Å². The Hall–Kier alpha value is -2.08. The molecule has 0 saturated carbocycles. The second-order valence-electron chi connectivity index (χ2n) is 4.14. The van der Waals surface area contributed by atoms with Crippen molar-refractivity contribution in [2.45, 2.75) is 18.1 Å². The third-order valence-electron chi connectivity index (χ3n) is 2.64. The molecule has 0 atom stereocenters. The summed E-state index contributed by atoms with van der Waals surface area (Å²) >= 11 is 1.47. The minimum atomic E-state index is -0.310. The van der Waals surface area contributed by atoms with Crippen LogP contribution in [0.2, 0.25) is 0 Å². The molecule has 0 saturated heterocycles. The number of carbonyl (C=O) groups excluding carboxylic acids is 1. The average molecular weight is 288 g/mol. The highest BCUT2D eigenvalue weighted by Gasteiger charge is 2.13. The van der Waals surface area contributed by atoms with Gasteiger partial charge in [0.2, 0.25) is 5.91 Å². The monoisotopic (exact) mass is 288 g/mol. The maximum atomic E-state index is 10.8. The van der Waals surface area contributed by atoms with Crippen molar-refractivity contribution in [1.82, 2.24) is 14.8 Å². The van der Waals surface area contributed by atoms with E-state index in [1.807, 2.05) is 34.9 Å². The summed E-state index contributed by atoms with van der Waals surface area (Å²) in [5.74, 6) is 1.09. The van der Waals surface area contributed by atoms with Crippen LogP contribution in [0.1, 0.15) is 6.42 Å². The van der Waals surface area contributed by atoms with Gasteiger partial charge < -0.3 is 5.73 Å². The summed E-state index contributed by atoms with van der Waals surface area (Å²) in [5.41, 5.74) is 6.14. The number of hydrogen-bond acceptors (Lipinski definition) is 4. The average Bonchev–Trinajstić information content (AvgIpc) is 2.83. The number of rotatable bonds is 7. The predicted molar refractivity (Wildman–Crippen MR) is 80.2 cm³/mol. The lowest BCUT2D eigenvalue weighted by Gasteiger charge is -2.07. The summed E-state index contributed by atoms with van der Waals surface area (Å²) in [5, 5.41) is 9.18. The van der Waals surface area contributed by atoms with Crippen LogP contribution in [-0.2, 0) is 11.3 Å². The molecule has 1 aromatic heterocycles. The number of amides is 1. The second kappa shape index (κ2) is 6.91. The molecule has 1 amide bonds. The highest BCUT2D eigenvalue weighted by Crippen LogP contribution is 2.24. The van der Waals surface area contributed by atoms with E-state index in [9.17, 15) is 4.79 Å². The first-order valence-corrected chi connectivity index (χ1v) is 7.21. The van der Waals surface area contributed by atoms with E-state index in [1.54, 1.807) is 6.08 Å². The van der Waals surface area contributed by atoms with Gasteiger partial charge in [0.25, 0.3) is 0 Å². The molecular formula is C14H16N4OS. The number of primary amides is 1. The van der Waals surface area contributed by atoms with Crippen LogP contribution in [0.15, 0.2) is 48.1 Å². The first kappa shape index (κ1) is 14.3. The van der Waals surface area contributed by atoms with Crippen molar-refractivity contribution in [1.29, 1.82) is 0 Å². The predicted octanol–water partition coefficient (Wildman–Crippen LogP) is 2.10. The largest absolute Gasteiger partial charge is 0.370 e. The number of nitrogens with zero attached hydrogens (tertiary/aromatic N) is 3. The Morgan fingerprint density at radius 3 is 2.75 bits per heavy atom. The van der Waals surface area contributed by atoms with Crippen LogP contribution in [0.5, 0.6) is 0 Å². The summed E-state index contributed by atoms with van der Waals surface area (Å²) in [6.07, 6.45) is 2.13. The standard InChI is InChI=1S/C14H16N4OS/c1-2-9-18-13(11-6-4-3-5-7-11)16-17-14(18)20-10-8-12(15)19/h2-7H,1,8-10H2,(H2,15,19). The van der Waals surface area contributed by atoms with Gasteiger partial charge >= 0.3 is 0 Å². The second-order valence-corrected chi connectivity index (χ2v) is 5.20. The molecule has 0 fully saturated rings. The van der Waals surface area contributed by atoms with E-state index in [4.69, 9.17) is 5.73 Å². The Kier molecular flexibility index (Phi) is 4.95. The van der Waals surface area contributed by atoms with Gasteiger partial charge in [0, 0.05) is 24.3 Å². The van der Waals surface area contributed by atoms with Crippen LogP contribution < -0.4 is 5.73 Å². The lowest BCUT2D eigenvalue weighted by Crippen LogP contribution is -2.11. The molecule has 2 N–H and O–H groups in total. The van der Waals surface area contributed by atoms with Crippen molar-refractivity contribution >= 4 is 17.7 Å². The summed E-state index contributed by atoms with van der Waals surface area (Å²) in [6, 6.07) is 9.85. The number of thioether (sulfide) groups is 1. The van der Waals surface area contributed by atoms with E-state index in [0.29, 0.717) is 18.7 Å². The molecule has 1 aromatic carbocycles.